The van der Waals surface area contributed by atoms with Crippen molar-refractivity contribution < 1.29 is 14.3 Å². The quantitative estimate of drug-likeness (QED) is 0.764. The molecule has 6 nitrogen and oxygen atoms in total. The van der Waals surface area contributed by atoms with Gasteiger partial charge in [0.25, 0.3) is 0 Å². The summed E-state index contributed by atoms with van der Waals surface area (Å²) in [6.45, 7) is 2.56. The van der Waals surface area contributed by atoms with E-state index in [-0.39, 0.29) is 12.5 Å². The third-order valence-corrected chi connectivity index (χ3v) is 3.10. The molecule has 1 heterocycles. The Morgan fingerprint density at radius 2 is 1.87 bits per heavy atom. The summed E-state index contributed by atoms with van der Waals surface area (Å²) in [5.74, 6) is -0.576. The molecule has 0 saturated heterocycles. The maximum Gasteiger partial charge on any atom is 0.340 e. The average molecular weight is 313 g/mol. The van der Waals surface area contributed by atoms with Crippen LogP contribution in [0.5, 0.6) is 0 Å². The van der Waals surface area contributed by atoms with Crippen LogP contribution < -0.4 is 10.6 Å². The normalized spacial score (nSPS) is 9.96. The fraction of sp³-hybridized carbons (Fsp3) is 0.235. The molecule has 0 aliphatic heterocycles. The molecule has 0 bridgehead atoms. The number of ether oxygens (including phenoxy) is 1. The van der Waals surface area contributed by atoms with E-state index in [0.29, 0.717) is 24.4 Å². The van der Waals surface area contributed by atoms with Gasteiger partial charge in [-0.1, -0.05) is 12.1 Å². The van der Waals surface area contributed by atoms with E-state index in [1.54, 1.807) is 43.6 Å². The van der Waals surface area contributed by atoms with Crippen LogP contribution in [0.2, 0.25) is 0 Å². The molecule has 0 atom stereocenters. The van der Waals surface area contributed by atoms with E-state index in [4.69, 9.17) is 4.74 Å². The summed E-state index contributed by atoms with van der Waals surface area (Å²) in [6, 6.07) is 10.6. The van der Waals surface area contributed by atoms with Gasteiger partial charge in [0, 0.05) is 24.6 Å². The van der Waals surface area contributed by atoms with E-state index in [0.717, 1.165) is 5.56 Å². The highest BCUT2D eigenvalue weighted by Gasteiger charge is 2.12. The van der Waals surface area contributed by atoms with Crippen LogP contribution in [0.3, 0.4) is 0 Å². The number of esters is 1. The number of hydrogen-bond acceptors (Lipinski definition) is 5. The Morgan fingerprint density at radius 1 is 1.13 bits per heavy atom. The lowest BCUT2D eigenvalue weighted by atomic mass is 10.2. The van der Waals surface area contributed by atoms with Gasteiger partial charge in [-0.3, -0.25) is 9.78 Å². The van der Waals surface area contributed by atoms with Gasteiger partial charge in [0.15, 0.2) is 0 Å². The number of hydrogen-bond donors (Lipinski definition) is 2. The van der Waals surface area contributed by atoms with Crippen LogP contribution in [0.25, 0.3) is 0 Å². The molecule has 0 spiro atoms. The summed E-state index contributed by atoms with van der Waals surface area (Å²) < 4.78 is 5.00. The first-order valence-corrected chi connectivity index (χ1v) is 7.36. The maximum absolute atomic E-state index is 11.9. The average Bonchev–Trinajstić information content (AvgIpc) is 2.59. The number of carbonyl (C=O) groups is 2. The highest BCUT2D eigenvalue weighted by Crippen LogP contribution is 2.15. The molecule has 1 aromatic heterocycles. The molecule has 0 unspecified atom stereocenters. The van der Waals surface area contributed by atoms with Crippen LogP contribution in [0.15, 0.2) is 48.8 Å². The van der Waals surface area contributed by atoms with Crippen LogP contribution >= 0.6 is 0 Å². The van der Waals surface area contributed by atoms with Gasteiger partial charge in [-0.05, 0) is 36.8 Å². The van der Waals surface area contributed by atoms with Gasteiger partial charge in [-0.25, -0.2) is 4.79 Å². The molecule has 0 radical (unpaired) electrons. The van der Waals surface area contributed by atoms with Crippen molar-refractivity contribution in [2.24, 2.45) is 0 Å². The molecule has 120 valence electrons. The third-order valence-electron chi connectivity index (χ3n) is 3.10. The largest absolute Gasteiger partial charge is 0.462 e. The van der Waals surface area contributed by atoms with Crippen molar-refractivity contribution in [3.05, 3.63) is 59.9 Å². The van der Waals surface area contributed by atoms with E-state index in [9.17, 15) is 9.59 Å². The number of aromatic nitrogens is 1. The molecule has 0 saturated carbocycles. The van der Waals surface area contributed by atoms with Gasteiger partial charge in [-0.15, -0.1) is 0 Å². The van der Waals surface area contributed by atoms with Crippen LogP contribution in [0.4, 0.5) is 5.69 Å². The lowest BCUT2D eigenvalue weighted by molar-refractivity contribution is -0.119. The molecule has 2 rings (SSSR count). The number of benzene rings is 1. The van der Waals surface area contributed by atoms with Crippen LogP contribution in [0, 0.1) is 0 Å². The number of nitrogens with one attached hydrogen (secondary N) is 2. The van der Waals surface area contributed by atoms with Gasteiger partial charge >= 0.3 is 5.97 Å². The Hall–Kier alpha value is -2.89. The molecular weight excluding hydrogens is 294 g/mol. The second-order valence-electron chi connectivity index (χ2n) is 4.75. The summed E-state index contributed by atoms with van der Waals surface area (Å²) in [4.78, 5) is 27.7. The van der Waals surface area contributed by atoms with E-state index < -0.39 is 5.97 Å². The zero-order valence-electron chi connectivity index (χ0n) is 12.9. The van der Waals surface area contributed by atoms with Gasteiger partial charge in [0.05, 0.1) is 18.7 Å². The number of anilines is 1. The first kappa shape index (κ1) is 16.5. The van der Waals surface area contributed by atoms with E-state index in [1.807, 2.05) is 12.1 Å². The summed E-state index contributed by atoms with van der Waals surface area (Å²) in [7, 11) is 0. The Bertz CT molecular complexity index is 659. The standard InChI is InChI=1S/C17H19N3O3/c1-2-23-17(22)14-5-3-4-6-15(14)19-12-16(21)20-11-13-7-9-18-10-8-13/h3-10,19H,2,11-12H2,1H3,(H,20,21). The summed E-state index contributed by atoms with van der Waals surface area (Å²) in [5.41, 5.74) is 1.96. The Balaban J connectivity index is 1.88. The van der Waals surface area contributed by atoms with Gasteiger partial charge in [-0.2, -0.15) is 0 Å². The first-order valence-electron chi connectivity index (χ1n) is 7.36. The topological polar surface area (TPSA) is 80.3 Å². The number of rotatable bonds is 7. The maximum atomic E-state index is 11.9. The van der Waals surface area contributed by atoms with E-state index in [1.165, 1.54) is 0 Å². The SMILES string of the molecule is CCOC(=O)c1ccccc1NCC(=O)NCc1ccncc1. The van der Waals surface area contributed by atoms with Crippen molar-refractivity contribution in [3.8, 4) is 0 Å². The molecule has 6 heteroatoms. The van der Waals surface area contributed by atoms with E-state index in [2.05, 4.69) is 15.6 Å². The molecule has 23 heavy (non-hydrogen) atoms. The van der Waals surface area contributed by atoms with Crippen LogP contribution in [-0.2, 0) is 16.1 Å². The second-order valence-corrected chi connectivity index (χ2v) is 4.75. The zero-order chi connectivity index (χ0) is 16.5. The number of para-hydroxylation sites is 1. The highest BCUT2D eigenvalue weighted by molar-refractivity contribution is 5.96. The fourth-order valence-electron chi connectivity index (χ4n) is 1.96. The first-order chi connectivity index (χ1) is 11.2. The number of amides is 1. The minimum Gasteiger partial charge on any atom is -0.462 e. The van der Waals surface area contributed by atoms with Crippen LogP contribution in [-0.4, -0.2) is 30.0 Å². The molecule has 0 fully saturated rings. The lowest BCUT2D eigenvalue weighted by Gasteiger charge is -2.11. The Labute approximate surface area is 134 Å². The molecule has 1 amide bonds. The van der Waals surface area contributed by atoms with Gasteiger partial charge in [0.2, 0.25) is 5.91 Å². The molecular formula is C17H19N3O3. The Morgan fingerprint density at radius 3 is 2.61 bits per heavy atom. The smallest absolute Gasteiger partial charge is 0.340 e. The van der Waals surface area contributed by atoms with Crippen molar-refractivity contribution in [3.63, 3.8) is 0 Å². The van der Waals surface area contributed by atoms with Crippen molar-refractivity contribution in [2.75, 3.05) is 18.5 Å². The lowest BCUT2D eigenvalue weighted by Crippen LogP contribution is -2.29. The summed E-state index contributed by atoms with van der Waals surface area (Å²) >= 11 is 0. The second kappa shape index (κ2) is 8.53. The number of nitrogens with zero attached hydrogens (tertiary/aromatic N) is 1. The summed E-state index contributed by atoms with van der Waals surface area (Å²) in [6.07, 6.45) is 3.35. The van der Waals surface area contributed by atoms with Gasteiger partial charge < -0.3 is 15.4 Å². The number of carbonyl (C=O) groups excluding carboxylic acids is 2. The zero-order valence-corrected chi connectivity index (χ0v) is 12.9. The monoisotopic (exact) mass is 313 g/mol. The minimum atomic E-state index is -0.409. The van der Waals surface area contributed by atoms with Crippen LogP contribution in [0.1, 0.15) is 22.8 Å². The predicted octanol–water partition coefficient (Wildman–Crippen LogP) is 1.99. The predicted molar refractivity (Wildman–Crippen MR) is 87.0 cm³/mol. The Kier molecular flexibility index (Phi) is 6.11. The third kappa shape index (κ3) is 5.10. The molecule has 2 aromatic rings. The molecule has 2 N–H and O–H groups in total. The van der Waals surface area contributed by atoms with Crippen molar-refractivity contribution in [1.82, 2.24) is 10.3 Å². The van der Waals surface area contributed by atoms with E-state index >= 15 is 0 Å². The number of pyridine rings is 1. The van der Waals surface area contributed by atoms with Gasteiger partial charge in [0.1, 0.15) is 0 Å². The minimum absolute atomic E-state index is 0.0709. The molecule has 1 aromatic carbocycles. The van der Waals surface area contributed by atoms with Crippen molar-refractivity contribution in [2.45, 2.75) is 13.5 Å². The van der Waals surface area contributed by atoms with Crippen molar-refractivity contribution >= 4 is 17.6 Å². The van der Waals surface area contributed by atoms with Crippen molar-refractivity contribution in [1.29, 1.82) is 0 Å². The fourth-order valence-corrected chi connectivity index (χ4v) is 1.96. The summed E-state index contributed by atoms with van der Waals surface area (Å²) in [5, 5.41) is 5.76. The molecule has 0 aliphatic rings. The molecule has 0 aliphatic carbocycles. The highest BCUT2D eigenvalue weighted by atomic mass is 16.5.